The first-order valence-corrected chi connectivity index (χ1v) is 7.63. The number of nitrogens with one attached hydrogen (secondary N) is 2. The summed E-state index contributed by atoms with van der Waals surface area (Å²) in [5.74, 6) is 0.560. The van der Waals surface area contributed by atoms with Gasteiger partial charge in [-0.1, -0.05) is 30.3 Å². The highest BCUT2D eigenvalue weighted by Gasteiger charge is 2.32. The molecule has 1 aromatic rings. The molecule has 0 unspecified atom stereocenters. The van der Waals surface area contributed by atoms with Gasteiger partial charge in [-0.25, -0.2) is 4.79 Å². The molecule has 0 bridgehead atoms. The maximum Gasteiger partial charge on any atom is 0.321 e. The molecular weight excluding hydrogens is 280 g/mol. The Balaban J connectivity index is 1.87. The van der Waals surface area contributed by atoms with E-state index in [-0.39, 0.29) is 5.91 Å². The van der Waals surface area contributed by atoms with Crippen LogP contribution < -0.4 is 16.4 Å². The Bertz CT molecular complexity index is 506. The summed E-state index contributed by atoms with van der Waals surface area (Å²) in [7, 11) is 1.49. The van der Waals surface area contributed by atoms with Gasteiger partial charge in [0.25, 0.3) is 0 Å². The predicted octanol–water partition coefficient (Wildman–Crippen LogP) is 0.506. The predicted molar refractivity (Wildman–Crippen MR) is 85.4 cm³/mol. The Kier molecular flexibility index (Phi) is 5.91. The number of benzene rings is 1. The zero-order chi connectivity index (χ0) is 15.9. The van der Waals surface area contributed by atoms with Crippen LogP contribution in [0.3, 0.4) is 0 Å². The number of rotatable bonds is 5. The average Bonchev–Trinajstić information content (AvgIpc) is 2.97. The van der Waals surface area contributed by atoms with Crippen molar-refractivity contribution in [3.05, 3.63) is 35.9 Å². The van der Waals surface area contributed by atoms with E-state index in [4.69, 9.17) is 5.73 Å². The Morgan fingerprint density at radius 2 is 2.00 bits per heavy atom. The van der Waals surface area contributed by atoms with Crippen molar-refractivity contribution in [3.8, 4) is 0 Å². The van der Waals surface area contributed by atoms with Gasteiger partial charge in [-0.3, -0.25) is 10.1 Å². The van der Waals surface area contributed by atoms with Gasteiger partial charge >= 0.3 is 6.03 Å². The molecule has 1 aromatic carbocycles. The average molecular weight is 304 g/mol. The molecule has 1 aliphatic rings. The highest BCUT2D eigenvalue weighted by Crippen LogP contribution is 2.31. The Morgan fingerprint density at radius 3 is 2.64 bits per heavy atom. The van der Waals surface area contributed by atoms with Crippen LogP contribution in [0.1, 0.15) is 17.9 Å². The number of nitrogens with zero attached hydrogens (tertiary/aromatic N) is 1. The molecule has 3 amide bonds. The Labute approximate surface area is 131 Å². The van der Waals surface area contributed by atoms with Crippen LogP contribution in [0, 0.1) is 5.92 Å². The maximum atomic E-state index is 11.6. The molecule has 120 valence electrons. The fraction of sp³-hybridized carbons (Fsp3) is 0.500. The summed E-state index contributed by atoms with van der Waals surface area (Å²) in [6, 6.07) is 9.90. The standard InChI is InChI=1S/C16H24N4O2/c1-18-16(22)19-15(21)7-8-20-10-13(9-17)14(11-20)12-5-3-2-4-6-12/h2-6,13-14H,7-11,17H2,1H3,(H2,18,19,21,22)/t13-,14+/m1/s1. The van der Waals surface area contributed by atoms with E-state index < -0.39 is 6.03 Å². The second kappa shape index (κ2) is 7.91. The minimum Gasteiger partial charge on any atom is -0.341 e. The van der Waals surface area contributed by atoms with E-state index in [2.05, 4.69) is 27.7 Å². The molecule has 0 aliphatic carbocycles. The largest absolute Gasteiger partial charge is 0.341 e. The first kappa shape index (κ1) is 16.5. The fourth-order valence-corrected chi connectivity index (χ4v) is 2.97. The van der Waals surface area contributed by atoms with Crippen molar-refractivity contribution < 1.29 is 9.59 Å². The van der Waals surface area contributed by atoms with Crippen LogP contribution in [0.4, 0.5) is 4.79 Å². The zero-order valence-corrected chi connectivity index (χ0v) is 12.9. The molecule has 1 fully saturated rings. The number of likely N-dealkylation sites (tertiary alicyclic amines) is 1. The van der Waals surface area contributed by atoms with Crippen LogP contribution >= 0.6 is 0 Å². The van der Waals surface area contributed by atoms with E-state index in [1.165, 1.54) is 12.6 Å². The molecule has 2 atom stereocenters. The normalized spacial score (nSPS) is 21.5. The first-order chi connectivity index (χ1) is 10.6. The highest BCUT2D eigenvalue weighted by molar-refractivity contribution is 5.94. The van der Waals surface area contributed by atoms with Crippen molar-refractivity contribution in [2.24, 2.45) is 11.7 Å². The lowest BCUT2D eigenvalue weighted by molar-refractivity contribution is -0.120. The quantitative estimate of drug-likeness (QED) is 0.739. The topological polar surface area (TPSA) is 87.5 Å². The van der Waals surface area contributed by atoms with Gasteiger partial charge < -0.3 is 16.0 Å². The van der Waals surface area contributed by atoms with Crippen LogP contribution in [0.25, 0.3) is 0 Å². The fourth-order valence-electron chi connectivity index (χ4n) is 2.97. The second-order valence-corrected chi connectivity index (χ2v) is 5.65. The summed E-state index contributed by atoms with van der Waals surface area (Å²) in [6.45, 7) is 3.08. The molecule has 2 rings (SSSR count). The summed E-state index contributed by atoms with van der Waals surface area (Å²) in [6.07, 6.45) is 0.312. The van der Waals surface area contributed by atoms with Crippen molar-refractivity contribution in [2.45, 2.75) is 12.3 Å². The van der Waals surface area contributed by atoms with Crippen LogP contribution in [-0.4, -0.2) is 50.1 Å². The SMILES string of the molecule is CNC(=O)NC(=O)CCN1C[C@@H](CN)[C@H](c2ccccc2)C1. The summed E-state index contributed by atoms with van der Waals surface area (Å²) in [5.41, 5.74) is 7.21. The summed E-state index contributed by atoms with van der Waals surface area (Å²) in [4.78, 5) is 25.0. The molecule has 0 spiro atoms. The van der Waals surface area contributed by atoms with Gasteiger partial charge in [0.15, 0.2) is 0 Å². The molecule has 0 saturated carbocycles. The number of hydrogen-bond acceptors (Lipinski definition) is 4. The van der Waals surface area contributed by atoms with E-state index in [1.54, 1.807) is 0 Å². The third-order valence-corrected chi connectivity index (χ3v) is 4.18. The van der Waals surface area contributed by atoms with E-state index in [0.717, 1.165) is 13.1 Å². The van der Waals surface area contributed by atoms with E-state index in [9.17, 15) is 9.59 Å². The number of imide groups is 1. The number of hydrogen-bond donors (Lipinski definition) is 3. The van der Waals surface area contributed by atoms with Gasteiger partial charge in [0, 0.05) is 39.0 Å². The summed E-state index contributed by atoms with van der Waals surface area (Å²) in [5, 5.41) is 4.65. The third kappa shape index (κ3) is 4.29. The van der Waals surface area contributed by atoms with Gasteiger partial charge in [-0.05, 0) is 18.0 Å². The lowest BCUT2D eigenvalue weighted by atomic mass is 9.89. The zero-order valence-electron chi connectivity index (χ0n) is 12.9. The monoisotopic (exact) mass is 304 g/mol. The highest BCUT2D eigenvalue weighted by atomic mass is 16.2. The first-order valence-electron chi connectivity index (χ1n) is 7.63. The van der Waals surface area contributed by atoms with Gasteiger partial charge in [-0.2, -0.15) is 0 Å². The lowest BCUT2D eigenvalue weighted by Crippen LogP contribution is -2.39. The minimum absolute atomic E-state index is 0.258. The van der Waals surface area contributed by atoms with Crippen LogP contribution in [0.15, 0.2) is 30.3 Å². The Hall–Kier alpha value is -1.92. The number of amides is 3. The molecular formula is C16H24N4O2. The van der Waals surface area contributed by atoms with E-state index in [0.29, 0.717) is 31.3 Å². The molecule has 4 N–H and O–H groups in total. The van der Waals surface area contributed by atoms with Crippen molar-refractivity contribution in [3.63, 3.8) is 0 Å². The minimum atomic E-state index is -0.464. The van der Waals surface area contributed by atoms with Crippen LogP contribution in [-0.2, 0) is 4.79 Å². The third-order valence-electron chi connectivity index (χ3n) is 4.18. The van der Waals surface area contributed by atoms with Crippen molar-refractivity contribution >= 4 is 11.9 Å². The van der Waals surface area contributed by atoms with Gasteiger partial charge in [0.2, 0.25) is 5.91 Å². The van der Waals surface area contributed by atoms with Crippen LogP contribution in [0.2, 0.25) is 0 Å². The van der Waals surface area contributed by atoms with Crippen molar-refractivity contribution in [2.75, 3.05) is 33.2 Å². The molecule has 1 heterocycles. The number of carbonyl (C=O) groups is 2. The molecule has 1 aliphatic heterocycles. The molecule has 22 heavy (non-hydrogen) atoms. The second-order valence-electron chi connectivity index (χ2n) is 5.65. The van der Waals surface area contributed by atoms with E-state index in [1.807, 2.05) is 18.2 Å². The van der Waals surface area contributed by atoms with Crippen molar-refractivity contribution in [1.82, 2.24) is 15.5 Å². The molecule has 6 heteroatoms. The van der Waals surface area contributed by atoms with Crippen LogP contribution in [0.5, 0.6) is 0 Å². The van der Waals surface area contributed by atoms with Gasteiger partial charge in [0.1, 0.15) is 0 Å². The number of urea groups is 1. The number of nitrogens with two attached hydrogens (primary N) is 1. The smallest absolute Gasteiger partial charge is 0.321 e. The van der Waals surface area contributed by atoms with Gasteiger partial charge in [0.05, 0.1) is 0 Å². The molecule has 6 nitrogen and oxygen atoms in total. The lowest BCUT2D eigenvalue weighted by Gasteiger charge is -2.16. The van der Waals surface area contributed by atoms with Gasteiger partial charge in [-0.15, -0.1) is 0 Å². The summed E-state index contributed by atoms with van der Waals surface area (Å²) >= 11 is 0. The molecule has 0 radical (unpaired) electrons. The van der Waals surface area contributed by atoms with Crippen molar-refractivity contribution in [1.29, 1.82) is 0 Å². The molecule has 1 saturated heterocycles. The number of carbonyl (C=O) groups excluding carboxylic acids is 2. The Morgan fingerprint density at radius 1 is 1.27 bits per heavy atom. The summed E-state index contributed by atoms with van der Waals surface area (Å²) < 4.78 is 0. The maximum absolute atomic E-state index is 11.6. The van der Waals surface area contributed by atoms with E-state index >= 15 is 0 Å². The molecule has 0 aromatic heterocycles.